The van der Waals surface area contributed by atoms with Gasteiger partial charge in [-0.1, -0.05) is 18.2 Å². The van der Waals surface area contributed by atoms with E-state index in [-0.39, 0.29) is 24.3 Å². The van der Waals surface area contributed by atoms with Crippen molar-refractivity contribution in [3.63, 3.8) is 0 Å². The molecular weight excluding hydrogens is 217 g/mol. The van der Waals surface area contributed by atoms with Gasteiger partial charge in [0.15, 0.2) is 0 Å². The van der Waals surface area contributed by atoms with Gasteiger partial charge < -0.3 is 10.1 Å². The van der Waals surface area contributed by atoms with Crippen molar-refractivity contribution >= 4 is 12.4 Å². The van der Waals surface area contributed by atoms with Crippen LogP contribution in [0.1, 0.15) is 12.0 Å². The van der Waals surface area contributed by atoms with Gasteiger partial charge in [0, 0.05) is 12.1 Å². The second-order valence-electron chi connectivity index (χ2n) is 3.52. The van der Waals surface area contributed by atoms with Crippen LogP contribution in [0.15, 0.2) is 24.3 Å². The Balaban J connectivity index is 0.00000112. The van der Waals surface area contributed by atoms with E-state index >= 15 is 0 Å². The summed E-state index contributed by atoms with van der Waals surface area (Å²) in [4.78, 5) is 0. The molecule has 1 aliphatic rings. The van der Waals surface area contributed by atoms with Gasteiger partial charge in [0.05, 0.1) is 12.7 Å². The summed E-state index contributed by atoms with van der Waals surface area (Å²) in [5.74, 6) is -0.182. The average molecular weight is 232 g/mol. The lowest BCUT2D eigenvalue weighted by atomic mass is 10.2. The van der Waals surface area contributed by atoms with E-state index in [9.17, 15) is 4.39 Å². The Morgan fingerprint density at radius 2 is 2.20 bits per heavy atom. The summed E-state index contributed by atoms with van der Waals surface area (Å²) in [6.07, 6.45) is 1.27. The fraction of sp³-hybridized carbons (Fsp3) is 0.455. The first-order valence-electron chi connectivity index (χ1n) is 4.92. The van der Waals surface area contributed by atoms with Crippen molar-refractivity contribution in [2.24, 2.45) is 0 Å². The van der Waals surface area contributed by atoms with Crippen molar-refractivity contribution in [3.8, 4) is 0 Å². The highest BCUT2D eigenvalue weighted by Crippen LogP contribution is 2.11. The zero-order valence-electron chi connectivity index (χ0n) is 8.41. The third kappa shape index (κ3) is 3.45. The molecule has 0 bridgehead atoms. The number of rotatable bonds is 3. The van der Waals surface area contributed by atoms with E-state index < -0.39 is 0 Å². The van der Waals surface area contributed by atoms with E-state index in [1.807, 2.05) is 6.07 Å². The van der Waals surface area contributed by atoms with Gasteiger partial charge in [-0.15, -0.1) is 12.4 Å². The summed E-state index contributed by atoms with van der Waals surface area (Å²) in [6.45, 7) is 2.26. The van der Waals surface area contributed by atoms with Crippen LogP contribution in [0.25, 0.3) is 0 Å². The van der Waals surface area contributed by atoms with E-state index in [4.69, 9.17) is 4.74 Å². The fourth-order valence-corrected chi connectivity index (χ4v) is 1.59. The van der Waals surface area contributed by atoms with Crippen LogP contribution in [0.2, 0.25) is 0 Å². The highest BCUT2D eigenvalue weighted by atomic mass is 35.5. The molecule has 0 spiro atoms. The monoisotopic (exact) mass is 231 g/mol. The van der Waals surface area contributed by atoms with Crippen LogP contribution in [0.3, 0.4) is 0 Å². The minimum absolute atomic E-state index is 0. The topological polar surface area (TPSA) is 21.3 Å². The lowest BCUT2D eigenvalue weighted by molar-refractivity contribution is 0.0525. The molecule has 0 aromatic heterocycles. The maximum absolute atomic E-state index is 13.2. The van der Waals surface area contributed by atoms with E-state index in [0.29, 0.717) is 12.2 Å². The molecule has 1 atom stereocenters. The minimum Gasteiger partial charge on any atom is -0.372 e. The molecular formula is C11H15ClFNO. The second kappa shape index (κ2) is 6.05. The Labute approximate surface area is 95.2 Å². The third-order valence-corrected chi connectivity index (χ3v) is 2.45. The largest absolute Gasteiger partial charge is 0.372 e. The summed E-state index contributed by atoms with van der Waals surface area (Å²) >= 11 is 0. The van der Waals surface area contributed by atoms with Crippen LogP contribution >= 0.6 is 12.4 Å². The standard InChI is InChI=1S/C11H14FNO.ClH/c12-11-4-2-1-3-9(11)8-14-10-5-6-13-7-10;/h1-4,10,13H,5-8H2;1H. The molecule has 0 saturated carbocycles. The third-order valence-electron chi connectivity index (χ3n) is 2.45. The molecule has 15 heavy (non-hydrogen) atoms. The number of benzene rings is 1. The summed E-state index contributed by atoms with van der Waals surface area (Å²) in [6, 6.07) is 6.74. The zero-order valence-corrected chi connectivity index (χ0v) is 9.23. The van der Waals surface area contributed by atoms with Crippen molar-refractivity contribution in [1.29, 1.82) is 0 Å². The van der Waals surface area contributed by atoms with E-state index in [1.165, 1.54) is 6.07 Å². The molecule has 0 radical (unpaired) electrons. The quantitative estimate of drug-likeness (QED) is 0.861. The minimum atomic E-state index is -0.182. The SMILES string of the molecule is Cl.Fc1ccccc1COC1CCNC1. The molecule has 0 aliphatic carbocycles. The Hall–Kier alpha value is -0.640. The number of halogens is 2. The van der Waals surface area contributed by atoms with Crippen LogP contribution in [0, 0.1) is 5.82 Å². The Bertz CT molecular complexity index is 302. The van der Waals surface area contributed by atoms with Crippen LogP contribution < -0.4 is 5.32 Å². The molecule has 1 saturated heterocycles. The molecule has 1 fully saturated rings. The first-order chi connectivity index (χ1) is 6.86. The van der Waals surface area contributed by atoms with E-state index in [2.05, 4.69) is 5.32 Å². The lowest BCUT2D eigenvalue weighted by Crippen LogP contribution is -2.16. The predicted molar refractivity (Wildman–Crippen MR) is 59.7 cm³/mol. The van der Waals surface area contributed by atoms with Crippen LogP contribution in [-0.4, -0.2) is 19.2 Å². The van der Waals surface area contributed by atoms with Gasteiger partial charge in [0.25, 0.3) is 0 Å². The molecule has 4 heteroatoms. The molecule has 1 heterocycles. The summed E-state index contributed by atoms with van der Waals surface area (Å²) in [5, 5.41) is 3.20. The molecule has 2 rings (SSSR count). The Morgan fingerprint density at radius 3 is 2.87 bits per heavy atom. The number of ether oxygens (including phenoxy) is 1. The average Bonchev–Trinajstić information content (AvgIpc) is 2.69. The zero-order chi connectivity index (χ0) is 9.80. The second-order valence-corrected chi connectivity index (χ2v) is 3.52. The van der Waals surface area contributed by atoms with Crippen LogP contribution in [0.4, 0.5) is 4.39 Å². The first kappa shape index (κ1) is 12.4. The molecule has 0 amide bonds. The summed E-state index contributed by atoms with van der Waals surface area (Å²) < 4.78 is 18.7. The maximum atomic E-state index is 13.2. The van der Waals surface area contributed by atoms with Gasteiger partial charge in [0.2, 0.25) is 0 Å². The van der Waals surface area contributed by atoms with Gasteiger partial charge in [-0.3, -0.25) is 0 Å². The van der Waals surface area contributed by atoms with Crippen molar-refractivity contribution in [1.82, 2.24) is 5.32 Å². The first-order valence-corrected chi connectivity index (χ1v) is 4.92. The summed E-state index contributed by atoms with van der Waals surface area (Å²) in [5.41, 5.74) is 0.638. The van der Waals surface area contributed by atoms with Crippen LogP contribution in [0.5, 0.6) is 0 Å². The van der Waals surface area contributed by atoms with Gasteiger partial charge in [-0.25, -0.2) is 4.39 Å². The molecule has 84 valence electrons. The van der Waals surface area contributed by atoms with Gasteiger partial charge in [-0.05, 0) is 19.0 Å². The molecule has 1 unspecified atom stereocenters. The van der Waals surface area contributed by atoms with Gasteiger partial charge >= 0.3 is 0 Å². The molecule has 1 aliphatic heterocycles. The van der Waals surface area contributed by atoms with Gasteiger partial charge in [0.1, 0.15) is 5.82 Å². The highest BCUT2D eigenvalue weighted by Gasteiger charge is 2.15. The van der Waals surface area contributed by atoms with Crippen molar-refractivity contribution < 1.29 is 9.13 Å². The van der Waals surface area contributed by atoms with Crippen molar-refractivity contribution in [2.45, 2.75) is 19.1 Å². The fourth-order valence-electron chi connectivity index (χ4n) is 1.59. The summed E-state index contributed by atoms with van der Waals surface area (Å²) in [7, 11) is 0. The number of hydrogen-bond acceptors (Lipinski definition) is 2. The predicted octanol–water partition coefficient (Wildman–Crippen LogP) is 2.13. The van der Waals surface area contributed by atoms with Crippen LogP contribution in [-0.2, 0) is 11.3 Å². The molecule has 1 N–H and O–H groups in total. The van der Waals surface area contributed by atoms with E-state index in [1.54, 1.807) is 12.1 Å². The van der Waals surface area contributed by atoms with Crippen molar-refractivity contribution in [3.05, 3.63) is 35.6 Å². The smallest absolute Gasteiger partial charge is 0.128 e. The van der Waals surface area contributed by atoms with E-state index in [0.717, 1.165) is 19.5 Å². The lowest BCUT2D eigenvalue weighted by Gasteiger charge is -2.10. The maximum Gasteiger partial charge on any atom is 0.128 e. The van der Waals surface area contributed by atoms with Crippen molar-refractivity contribution in [2.75, 3.05) is 13.1 Å². The Morgan fingerprint density at radius 1 is 1.40 bits per heavy atom. The number of nitrogens with one attached hydrogen (secondary N) is 1. The molecule has 1 aromatic carbocycles. The Kier molecular flexibility index (Phi) is 5.02. The normalized spacial score (nSPS) is 19.9. The number of hydrogen-bond donors (Lipinski definition) is 1. The van der Waals surface area contributed by atoms with Gasteiger partial charge in [-0.2, -0.15) is 0 Å². The molecule has 2 nitrogen and oxygen atoms in total. The molecule has 1 aromatic rings. The highest BCUT2D eigenvalue weighted by molar-refractivity contribution is 5.85.